The summed E-state index contributed by atoms with van der Waals surface area (Å²) in [5.41, 5.74) is -0.307. The molecule has 0 bridgehead atoms. The number of fused-ring (bicyclic) bond motifs is 1. The normalized spacial score (nSPS) is 19.9. The maximum Gasteiger partial charge on any atom is 0.408 e. The molecule has 1 N–H and O–H groups in total. The lowest BCUT2D eigenvalue weighted by Crippen LogP contribution is -2.59. The number of anilines is 1. The molecule has 7 nitrogen and oxygen atoms in total. The summed E-state index contributed by atoms with van der Waals surface area (Å²) in [5.74, 6) is -3.81. The van der Waals surface area contributed by atoms with Gasteiger partial charge in [-0.25, -0.2) is 13.8 Å². The van der Waals surface area contributed by atoms with Gasteiger partial charge in [0.25, 0.3) is 5.56 Å². The van der Waals surface area contributed by atoms with Crippen molar-refractivity contribution in [2.24, 2.45) is 7.05 Å². The molecule has 1 aliphatic heterocycles. The summed E-state index contributed by atoms with van der Waals surface area (Å²) < 4.78 is 73.1. The number of aromatic nitrogens is 2. The highest BCUT2D eigenvalue weighted by Gasteiger charge is 2.50. The van der Waals surface area contributed by atoms with E-state index in [2.05, 4.69) is 4.98 Å². The first kappa shape index (κ1) is 25.4. The molecule has 36 heavy (non-hydrogen) atoms. The molecule has 1 saturated heterocycles. The van der Waals surface area contributed by atoms with Gasteiger partial charge in [0.05, 0.1) is 16.8 Å². The van der Waals surface area contributed by atoms with Crippen molar-refractivity contribution in [3.05, 3.63) is 63.6 Å². The highest BCUT2D eigenvalue weighted by molar-refractivity contribution is 5.89. The summed E-state index contributed by atoms with van der Waals surface area (Å²) in [5, 5.41) is 18.7. The first-order chi connectivity index (χ1) is 16.8. The fraction of sp³-hybridized carbons (Fsp3) is 0.375. The average Bonchev–Trinajstić information content (AvgIpc) is 2.79. The van der Waals surface area contributed by atoms with Crippen LogP contribution in [0.25, 0.3) is 11.0 Å². The van der Waals surface area contributed by atoms with Crippen LogP contribution in [-0.4, -0.2) is 50.9 Å². The van der Waals surface area contributed by atoms with Crippen molar-refractivity contribution in [2.75, 3.05) is 18.0 Å². The molecule has 1 aromatic carbocycles. The van der Waals surface area contributed by atoms with Crippen molar-refractivity contribution >= 4 is 16.7 Å². The smallest absolute Gasteiger partial charge is 0.408 e. The molecular formula is C24H22F5N5O2. The summed E-state index contributed by atoms with van der Waals surface area (Å²) in [7, 11) is 1.54. The molecule has 3 atom stereocenters. The Bertz CT molecular complexity index is 1410. The molecule has 0 radical (unpaired) electrons. The van der Waals surface area contributed by atoms with Crippen LogP contribution in [0.15, 0.2) is 35.1 Å². The second kappa shape index (κ2) is 9.05. The Morgan fingerprint density at radius 1 is 1.11 bits per heavy atom. The molecule has 1 fully saturated rings. The Kier molecular flexibility index (Phi) is 6.38. The van der Waals surface area contributed by atoms with Crippen LogP contribution in [0.5, 0.6) is 5.75 Å². The number of hydrogen-bond acceptors (Lipinski definition) is 6. The maximum atomic E-state index is 14.5. The molecule has 0 aliphatic carbocycles. The van der Waals surface area contributed by atoms with Gasteiger partial charge >= 0.3 is 6.18 Å². The zero-order chi connectivity index (χ0) is 26.5. The number of piperazine rings is 1. The van der Waals surface area contributed by atoms with E-state index in [-0.39, 0.29) is 24.3 Å². The van der Waals surface area contributed by atoms with Gasteiger partial charge in [-0.2, -0.15) is 18.4 Å². The lowest BCUT2D eigenvalue weighted by atomic mass is 9.97. The first-order valence-electron chi connectivity index (χ1n) is 11.0. The Hall–Kier alpha value is -3.72. The number of rotatable bonds is 3. The minimum absolute atomic E-state index is 0.0181. The van der Waals surface area contributed by atoms with E-state index in [4.69, 9.17) is 0 Å². The average molecular weight is 507 g/mol. The SMILES string of the molecule is CC1CN(c2cc(=O)n(C)c3ccc(C#N)nc23)[C@@H](C)CN1C(c1c(F)cc(O)cc1F)C(F)(F)F. The summed E-state index contributed by atoms with van der Waals surface area (Å²) in [6.07, 6.45) is -5.02. The highest BCUT2D eigenvalue weighted by Crippen LogP contribution is 2.43. The quantitative estimate of drug-likeness (QED) is 0.540. The lowest BCUT2D eigenvalue weighted by molar-refractivity contribution is -0.195. The number of hydrogen-bond donors (Lipinski definition) is 1. The summed E-state index contributed by atoms with van der Waals surface area (Å²) in [4.78, 5) is 19.6. The van der Waals surface area contributed by atoms with Crippen LogP contribution in [0.2, 0.25) is 0 Å². The molecule has 2 unspecified atom stereocenters. The number of phenolic OH excluding ortho intramolecular Hbond substituents is 1. The Labute approximate surface area is 202 Å². The largest absolute Gasteiger partial charge is 0.508 e. The molecule has 0 amide bonds. The minimum Gasteiger partial charge on any atom is -0.508 e. The Morgan fingerprint density at radius 3 is 2.33 bits per heavy atom. The maximum absolute atomic E-state index is 14.5. The molecule has 2 aromatic heterocycles. The van der Waals surface area contributed by atoms with E-state index in [1.54, 1.807) is 24.9 Å². The number of nitrogens with zero attached hydrogens (tertiary/aromatic N) is 5. The standard InChI is InChI=1S/C24H22F5N5O2/c1-12-11-34(23(24(27,28)29)21-16(25)6-15(35)7-17(21)26)13(2)10-33(12)19-8-20(36)32(3)18-5-4-14(9-30)31-22(18)19/h4-8,12-13,23,35H,10-11H2,1-3H3/t12-,13?,23?/m0/s1. The van der Waals surface area contributed by atoms with E-state index in [0.29, 0.717) is 28.9 Å². The van der Waals surface area contributed by atoms with Crippen LogP contribution in [0.3, 0.4) is 0 Å². The number of aryl methyl sites for hydroxylation is 1. The Balaban J connectivity index is 1.78. The number of phenols is 1. The molecule has 0 spiro atoms. The summed E-state index contributed by atoms with van der Waals surface area (Å²) in [6, 6.07) is 3.10. The molecule has 0 saturated carbocycles. The van der Waals surface area contributed by atoms with E-state index in [1.165, 1.54) is 23.6 Å². The third-order valence-electron chi connectivity index (χ3n) is 6.51. The van der Waals surface area contributed by atoms with Crippen LogP contribution in [0.1, 0.15) is 31.1 Å². The lowest BCUT2D eigenvalue weighted by Gasteiger charge is -2.48. The molecule has 190 valence electrons. The number of benzene rings is 1. The molecule has 4 rings (SSSR count). The minimum atomic E-state index is -5.02. The van der Waals surface area contributed by atoms with Gasteiger partial charge in [0.1, 0.15) is 40.7 Å². The molecule has 12 heteroatoms. The molecule has 3 heterocycles. The van der Waals surface area contributed by atoms with Gasteiger partial charge in [-0.05, 0) is 26.0 Å². The van der Waals surface area contributed by atoms with Gasteiger partial charge in [-0.1, -0.05) is 0 Å². The molecular weight excluding hydrogens is 485 g/mol. The van der Waals surface area contributed by atoms with Crippen LogP contribution in [0, 0.1) is 23.0 Å². The first-order valence-corrected chi connectivity index (χ1v) is 11.0. The summed E-state index contributed by atoms with van der Waals surface area (Å²) >= 11 is 0. The predicted molar refractivity (Wildman–Crippen MR) is 121 cm³/mol. The zero-order valence-electron chi connectivity index (χ0n) is 19.5. The van der Waals surface area contributed by atoms with Crippen molar-refractivity contribution in [1.29, 1.82) is 5.26 Å². The van der Waals surface area contributed by atoms with Crippen LogP contribution < -0.4 is 10.5 Å². The second-order valence-corrected chi connectivity index (χ2v) is 8.92. The monoisotopic (exact) mass is 507 g/mol. The van der Waals surface area contributed by atoms with E-state index < -0.39 is 47.2 Å². The van der Waals surface area contributed by atoms with Gasteiger partial charge in [0, 0.05) is 50.4 Å². The van der Waals surface area contributed by atoms with Crippen LogP contribution in [0.4, 0.5) is 27.6 Å². The summed E-state index contributed by atoms with van der Waals surface area (Å²) in [6.45, 7) is 2.86. The fourth-order valence-electron chi connectivity index (χ4n) is 4.79. The van der Waals surface area contributed by atoms with Crippen LogP contribution >= 0.6 is 0 Å². The van der Waals surface area contributed by atoms with Crippen molar-refractivity contribution in [2.45, 2.75) is 38.1 Å². The van der Waals surface area contributed by atoms with Crippen molar-refractivity contribution in [3.63, 3.8) is 0 Å². The van der Waals surface area contributed by atoms with Crippen molar-refractivity contribution < 1.29 is 27.1 Å². The zero-order valence-corrected chi connectivity index (χ0v) is 19.5. The number of pyridine rings is 2. The van der Waals surface area contributed by atoms with E-state index in [1.807, 2.05) is 6.07 Å². The van der Waals surface area contributed by atoms with Gasteiger partial charge < -0.3 is 14.6 Å². The number of alkyl halides is 3. The Morgan fingerprint density at radius 2 is 1.75 bits per heavy atom. The second-order valence-electron chi connectivity index (χ2n) is 8.92. The van der Waals surface area contributed by atoms with E-state index >= 15 is 0 Å². The highest BCUT2D eigenvalue weighted by atomic mass is 19.4. The van der Waals surface area contributed by atoms with Gasteiger partial charge in [-0.3, -0.25) is 9.69 Å². The van der Waals surface area contributed by atoms with E-state index in [9.17, 15) is 37.1 Å². The third-order valence-corrected chi connectivity index (χ3v) is 6.51. The van der Waals surface area contributed by atoms with Gasteiger partial charge in [0.15, 0.2) is 0 Å². The van der Waals surface area contributed by atoms with Crippen LogP contribution in [-0.2, 0) is 7.05 Å². The topological polar surface area (TPSA) is 85.4 Å². The number of halogens is 5. The van der Waals surface area contributed by atoms with Gasteiger partial charge in [0.2, 0.25) is 0 Å². The number of nitriles is 1. The van der Waals surface area contributed by atoms with Crippen molar-refractivity contribution in [3.8, 4) is 11.8 Å². The molecule has 3 aromatic rings. The number of aromatic hydroxyl groups is 1. The third kappa shape index (κ3) is 4.35. The van der Waals surface area contributed by atoms with Gasteiger partial charge in [-0.15, -0.1) is 0 Å². The molecule has 1 aliphatic rings. The van der Waals surface area contributed by atoms with Crippen molar-refractivity contribution in [1.82, 2.24) is 14.5 Å². The predicted octanol–water partition coefficient (Wildman–Crippen LogP) is 3.99. The fourth-order valence-corrected chi connectivity index (χ4v) is 4.79. The van der Waals surface area contributed by atoms with E-state index in [0.717, 1.165) is 4.90 Å².